The Morgan fingerprint density at radius 3 is 2.81 bits per heavy atom. The van der Waals surface area contributed by atoms with E-state index < -0.39 is 0 Å². The zero-order valence-corrected chi connectivity index (χ0v) is 13.7. The molecular weight excluding hydrogens is 356 g/mol. The third-order valence-corrected chi connectivity index (χ3v) is 3.61. The molecule has 0 fully saturated rings. The van der Waals surface area contributed by atoms with Crippen LogP contribution in [0.1, 0.15) is 5.56 Å². The Balaban J connectivity index is 2.16. The number of methoxy groups -OCH3 is 1. The second-order valence-corrected chi connectivity index (χ2v) is 5.73. The van der Waals surface area contributed by atoms with Crippen molar-refractivity contribution in [2.24, 2.45) is 0 Å². The molecule has 0 bridgehead atoms. The molecule has 0 radical (unpaired) electrons. The molecule has 0 aliphatic carbocycles. The van der Waals surface area contributed by atoms with Crippen LogP contribution in [-0.4, -0.2) is 13.0 Å². The van der Waals surface area contributed by atoms with E-state index in [1.807, 2.05) is 12.1 Å². The Morgan fingerprint density at radius 1 is 1.38 bits per heavy atom. The van der Waals surface area contributed by atoms with E-state index in [-0.39, 0.29) is 12.3 Å². The van der Waals surface area contributed by atoms with Gasteiger partial charge in [-0.1, -0.05) is 23.7 Å². The van der Waals surface area contributed by atoms with Crippen LogP contribution in [0.5, 0.6) is 5.75 Å². The number of hydrogen-bond donors (Lipinski definition) is 2. The number of carbonyl (C=O) groups excluding carboxylic acids is 1. The van der Waals surface area contributed by atoms with E-state index in [9.17, 15) is 4.79 Å². The lowest BCUT2D eigenvalue weighted by atomic mass is 10.1. The van der Waals surface area contributed by atoms with Crippen molar-refractivity contribution in [1.82, 2.24) is 0 Å². The van der Waals surface area contributed by atoms with Crippen molar-refractivity contribution in [3.63, 3.8) is 0 Å². The van der Waals surface area contributed by atoms with E-state index in [1.165, 1.54) is 7.11 Å². The molecule has 1 amide bonds. The molecule has 0 saturated carbocycles. The lowest BCUT2D eigenvalue weighted by Gasteiger charge is -2.12. The predicted octanol–water partition coefficient (Wildman–Crippen LogP) is 3.87. The molecule has 0 aliphatic rings. The Morgan fingerprint density at radius 2 is 2.14 bits per heavy atom. The minimum absolute atomic E-state index is 0.173. The van der Waals surface area contributed by atoms with Gasteiger partial charge in [0.1, 0.15) is 0 Å². The van der Waals surface area contributed by atoms with Crippen LogP contribution in [0.3, 0.4) is 0 Å². The number of nitrogen functional groups attached to an aromatic ring is 1. The summed E-state index contributed by atoms with van der Waals surface area (Å²) in [4.78, 5) is 12.1. The highest BCUT2D eigenvalue weighted by Crippen LogP contribution is 2.36. The van der Waals surface area contributed by atoms with E-state index in [0.717, 1.165) is 5.56 Å². The third kappa shape index (κ3) is 4.12. The molecule has 2 aromatic rings. The van der Waals surface area contributed by atoms with Crippen molar-refractivity contribution in [2.45, 2.75) is 6.42 Å². The van der Waals surface area contributed by atoms with Crippen molar-refractivity contribution in [1.29, 1.82) is 0 Å². The lowest BCUT2D eigenvalue weighted by molar-refractivity contribution is -0.115. The number of nitrogens with one attached hydrogen (secondary N) is 1. The number of hydrogen-bond acceptors (Lipinski definition) is 3. The second-order valence-electron chi connectivity index (χ2n) is 4.44. The molecule has 0 atom stereocenters. The van der Waals surface area contributed by atoms with Crippen LogP contribution in [0.2, 0.25) is 5.02 Å². The number of anilines is 2. The summed E-state index contributed by atoms with van der Waals surface area (Å²) >= 11 is 9.34. The maximum absolute atomic E-state index is 12.1. The SMILES string of the molecule is COc1c(Br)cc(Cl)cc1NC(=O)Cc1cccc(N)c1. The van der Waals surface area contributed by atoms with Gasteiger partial charge in [-0.15, -0.1) is 0 Å². The molecule has 0 spiro atoms. The maximum Gasteiger partial charge on any atom is 0.228 e. The number of rotatable bonds is 4. The maximum atomic E-state index is 12.1. The zero-order valence-electron chi connectivity index (χ0n) is 11.3. The van der Waals surface area contributed by atoms with Crippen molar-refractivity contribution in [2.75, 3.05) is 18.2 Å². The van der Waals surface area contributed by atoms with Crippen LogP contribution in [-0.2, 0) is 11.2 Å². The minimum atomic E-state index is -0.173. The largest absolute Gasteiger partial charge is 0.493 e. The van der Waals surface area contributed by atoms with E-state index in [4.69, 9.17) is 22.1 Å². The lowest BCUT2D eigenvalue weighted by Crippen LogP contribution is -2.15. The number of nitrogens with two attached hydrogens (primary N) is 1. The molecule has 2 aromatic carbocycles. The van der Waals surface area contributed by atoms with Crippen LogP contribution < -0.4 is 15.8 Å². The van der Waals surface area contributed by atoms with Gasteiger partial charge in [0.2, 0.25) is 5.91 Å². The van der Waals surface area contributed by atoms with Gasteiger partial charge in [-0.25, -0.2) is 0 Å². The van der Waals surface area contributed by atoms with Crippen LogP contribution in [0.25, 0.3) is 0 Å². The highest BCUT2D eigenvalue weighted by molar-refractivity contribution is 9.10. The first-order chi connectivity index (χ1) is 9.99. The van der Waals surface area contributed by atoms with E-state index in [1.54, 1.807) is 24.3 Å². The van der Waals surface area contributed by atoms with Gasteiger partial charge in [-0.3, -0.25) is 4.79 Å². The van der Waals surface area contributed by atoms with E-state index in [2.05, 4.69) is 21.2 Å². The van der Waals surface area contributed by atoms with Gasteiger partial charge < -0.3 is 15.8 Å². The molecule has 21 heavy (non-hydrogen) atoms. The molecule has 2 rings (SSSR count). The highest BCUT2D eigenvalue weighted by atomic mass is 79.9. The number of amides is 1. The number of halogens is 2. The van der Waals surface area contributed by atoms with Crippen molar-refractivity contribution >= 4 is 44.8 Å². The molecule has 0 aliphatic heterocycles. The second kappa shape index (κ2) is 6.83. The standard InChI is InChI=1S/C15H14BrClN2O2/c1-21-15-12(16)7-10(17)8-13(15)19-14(20)6-9-3-2-4-11(18)5-9/h2-5,7-8H,6,18H2,1H3,(H,19,20). The fourth-order valence-corrected chi connectivity index (χ4v) is 2.92. The smallest absolute Gasteiger partial charge is 0.228 e. The quantitative estimate of drug-likeness (QED) is 0.804. The molecule has 110 valence electrons. The van der Waals surface area contributed by atoms with Crippen molar-refractivity contribution in [3.8, 4) is 5.75 Å². The topological polar surface area (TPSA) is 64.3 Å². The number of carbonyl (C=O) groups is 1. The summed E-state index contributed by atoms with van der Waals surface area (Å²) in [5.74, 6) is 0.355. The van der Waals surface area contributed by atoms with Gasteiger partial charge >= 0.3 is 0 Å². The van der Waals surface area contributed by atoms with Gasteiger partial charge in [0, 0.05) is 10.7 Å². The number of benzene rings is 2. The zero-order chi connectivity index (χ0) is 15.4. The van der Waals surface area contributed by atoms with Gasteiger partial charge in [0.05, 0.1) is 23.7 Å². The van der Waals surface area contributed by atoms with Gasteiger partial charge in [0.25, 0.3) is 0 Å². The third-order valence-electron chi connectivity index (χ3n) is 2.80. The Hall–Kier alpha value is -1.72. The summed E-state index contributed by atoms with van der Waals surface area (Å²) in [6, 6.07) is 10.6. The molecule has 0 heterocycles. The Bertz CT molecular complexity index is 677. The molecule has 0 unspecified atom stereocenters. The van der Waals surface area contributed by atoms with Gasteiger partial charge in [-0.2, -0.15) is 0 Å². The molecule has 6 heteroatoms. The summed E-state index contributed by atoms with van der Waals surface area (Å²) in [7, 11) is 1.53. The first kappa shape index (κ1) is 15.7. The average molecular weight is 370 g/mol. The number of ether oxygens (including phenoxy) is 1. The fourth-order valence-electron chi connectivity index (χ4n) is 1.94. The predicted molar refractivity (Wildman–Crippen MR) is 88.9 cm³/mol. The fraction of sp³-hybridized carbons (Fsp3) is 0.133. The molecule has 3 N–H and O–H groups in total. The first-order valence-electron chi connectivity index (χ1n) is 6.17. The van der Waals surface area contributed by atoms with E-state index in [0.29, 0.717) is 26.6 Å². The summed E-state index contributed by atoms with van der Waals surface area (Å²) in [6.07, 6.45) is 0.221. The molecule has 0 aromatic heterocycles. The van der Waals surface area contributed by atoms with Crippen molar-refractivity contribution in [3.05, 3.63) is 51.5 Å². The van der Waals surface area contributed by atoms with Crippen LogP contribution >= 0.6 is 27.5 Å². The molecule has 0 saturated heterocycles. The molecule has 4 nitrogen and oxygen atoms in total. The minimum Gasteiger partial charge on any atom is -0.493 e. The summed E-state index contributed by atoms with van der Waals surface area (Å²) in [6.45, 7) is 0. The van der Waals surface area contributed by atoms with Gasteiger partial charge in [-0.05, 0) is 45.8 Å². The summed E-state index contributed by atoms with van der Waals surface area (Å²) in [5.41, 5.74) is 7.68. The van der Waals surface area contributed by atoms with Crippen LogP contribution in [0.15, 0.2) is 40.9 Å². The van der Waals surface area contributed by atoms with Gasteiger partial charge in [0.15, 0.2) is 5.75 Å². The first-order valence-corrected chi connectivity index (χ1v) is 7.34. The summed E-state index contributed by atoms with van der Waals surface area (Å²) in [5, 5.41) is 3.29. The summed E-state index contributed by atoms with van der Waals surface area (Å²) < 4.78 is 5.94. The normalized spacial score (nSPS) is 10.2. The Kier molecular flexibility index (Phi) is 5.09. The van der Waals surface area contributed by atoms with Crippen LogP contribution in [0.4, 0.5) is 11.4 Å². The van der Waals surface area contributed by atoms with Crippen LogP contribution in [0, 0.1) is 0 Å². The molecular formula is C15H14BrClN2O2. The monoisotopic (exact) mass is 368 g/mol. The van der Waals surface area contributed by atoms with Crippen molar-refractivity contribution < 1.29 is 9.53 Å². The Labute approximate surface area is 136 Å². The average Bonchev–Trinajstić information content (AvgIpc) is 2.37. The van der Waals surface area contributed by atoms with E-state index >= 15 is 0 Å². The highest BCUT2D eigenvalue weighted by Gasteiger charge is 2.12.